The molecule has 2 rings (SSSR count). The minimum absolute atomic E-state index is 0.0889. The molecule has 7 heteroatoms. The average molecular weight is 378 g/mol. The first kappa shape index (κ1) is 16.9. The maximum Gasteiger partial charge on any atom is 0.573 e. The number of aromatic nitrogens is 1. The van der Waals surface area contributed by atoms with Crippen molar-refractivity contribution in [3.63, 3.8) is 0 Å². The molecule has 120 valence electrons. The van der Waals surface area contributed by atoms with Crippen LogP contribution in [-0.2, 0) is 6.42 Å². The van der Waals surface area contributed by atoms with E-state index in [9.17, 15) is 13.2 Å². The third-order valence-corrected chi connectivity index (χ3v) is 3.45. The van der Waals surface area contributed by atoms with Gasteiger partial charge in [0.05, 0.1) is 0 Å². The molecular formula is C15H15BrF3NO2. The summed E-state index contributed by atoms with van der Waals surface area (Å²) in [6.07, 6.45) is -4.15. The summed E-state index contributed by atoms with van der Waals surface area (Å²) in [4.78, 5) is 0. The van der Waals surface area contributed by atoms with E-state index in [1.165, 1.54) is 12.1 Å². The van der Waals surface area contributed by atoms with Gasteiger partial charge in [0, 0.05) is 22.4 Å². The fourth-order valence-corrected chi connectivity index (χ4v) is 2.60. The molecule has 0 amide bonds. The van der Waals surface area contributed by atoms with E-state index in [0.29, 0.717) is 23.2 Å². The minimum Gasteiger partial charge on any atom is -0.405 e. The van der Waals surface area contributed by atoms with Crippen LogP contribution in [0.4, 0.5) is 13.2 Å². The lowest BCUT2D eigenvalue weighted by atomic mass is 9.99. The molecule has 0 saturated heterocycles. The largest absolute Gasteiger partial charge is 0.573 e. The van der Waals surface area contributed by atoms with Crippen LogP contribution in [0.5, 0.6) is 5.75 Å². The van der Waals surface area contributed by atoms with Crippen molar-refractivity contribution in [2.75, 3.05) is 5.33 Å². The smallest absolute Gasteiger partial charge is 0.405 e. The second-order valence-electron chi connectivity index (χ2n) is 5.01. The van der Waals surface area contributed by atoms with E-state index in [4.69, 9.17) is 4.52 Å². The van der Waals surface area contributed by atoms with Crippen molar-refractivity contribution in [1.29, 1.82) is 0 Å². The van der Waals surface area contributed by atoms with E-state index < -0.39 is 6.36 Å². The van der Waals surface area contributed by atoms with Crippen LogP contribution in [0.1, 0.15) is 31.1 Å². The predicted molar refractivity (Wildman–Crippen MR) is 80.2 cm³/mol. The molecule has 1 heterocycles. The van der Waals surface area contributed by atoms with Crippen LogP contribution in [0.3, 0.4) is 0 Å². The molecule has 0 saturated carbocycles. The van der Waals surface area contributed by atoms with Gasteiger partial charge in [-0.05, 0) is 18.6 Å². The first-order valence-corrected chi connectivity index (χ1v) is 7.85. The zero-order valence-electron chi connectivity index (χ0n) is 12.1. The molecule has 0 aliphatic rings. The van der Waals surface area contributed by atoms with Gasteiger partial charge in [-0.3, -0.25) is 0 Å². The number of alkyl halides is 4. The molecule has 3 nitrogen and oxygen atoms in total. The van der Waals surface area contributed by atoms with Crippen molar-refractivity contribution in [2.45, 2.75) is 32.5 Å². The highest BCUT2D eigenvalue weighted by atomic mass is 79.9. The van der Waals surface area contributed by atoms with Crippen LogP contribution in [0, 0.1) is 0 Å². The third kappa shape index (κ3) is 3.82. The summed E-state index contributed by atoms with van der Waals surface area (Å²) >= 11 is 3.35. The lowest BCUT2D eigenvalue weighted by Gasteiger charge is -2.12. The number of halogens is 4. The van der Waals surface area contributed by atoms with Crippen LogP contribution in [0.15, 0.2) is 28.8 Å². The summed E-state index contributed by atoms with van der Waals surface area (Å²) in [6, 6.07) is 5.93. The third-order valence-electron chi connectivity index (χ3n) is 3.06. The fraction of sp³-hybridized carbons (Fsp3) is 0.400. The summed E-state index contributed by atoms with van der Waals surface area (Å²) in [5.41, 5.74) is 1.46. The van der Waals surface area contributed by atoms with Crippen molar-refractivity contribution < 1.29 is 22.4 Å². The van der Waals surface area contributed by atoms with Crippen molar-refractivity contribution in [2.24, 2.45) is 0 Å². The Morgan fingerprint density at radius 1 is 1.27 bits per heavy atom. The molecule has 1 aromatic carbocycles. The topological polar surface area (TPSA) is 35.3 Å². The van der Waals surface area contributed by atoms with Gasteiger partial charge in [0.15, 0.2) is 0 Å². The first-order valence-electron chi connectivity index (χ1n) is 6.73. The molecule has 22 heavy (non-hydrogen) atoms. The zero-order chi connectivity index (χ0) is 16.3. The summed E-state index contributed by atoms with van der Waals surface area (Å²) in [7, 11) is 0. The molecule has 1 aromatic heterocycles. The van der Waals surface area contributed by atoms with Gasteiger partial charge in [0.1, 0.15) is 17.2 Å². The van der Waals surface area contributed by atoms with Gasteiger partial charge < -0.3 is 9.26 Å². The lowest BCUT2D eigenvalue weighted by Crippen LogP contribution is -2.17. The lowest BCUT2D eigenvalue weighted by molar-refractivity contribution is -0.274. The summed E-state index contributed by atoms with van der Waals surface area (Å²) in [5.74, 6) is 0.483. The van der Waals surface area contributed by atoms with E-state index in [-0.39, 0.29) is 17.2 Å². The van der Waals surface area contributed by atoms with Crippen LogP contribution in [0.25, 0.3) is 11.3 Å². The van der Waals surface area contributed by atoms with Crippen molar-refractivity contribution in [3.05, 3.63) is 35.6 Å². The Hall–Kier alpha value is -1.50. The molecule has 0 fully saturated rings. The molecule has 0 N–H and O–H groups in total. The Labute approximate surface area is 134 Å². The van der Waals surface area contributed by atoms with Gasteiger partial charge in [-0.1, -0.05) is 47.1 Å². The van der Waals surface area contributed by atoms with E-state index in [1.807, 2.05) is 13.8 Å². The van der Waals surface area contributed by atoms with Crippen molar-refractivity contribution >= 4 is 15.9 Å². The number of nitrogens with zero attached hydrogens (tertiary/aromatic N) is 1. The van der Waals surface area contributed by atoms with Gasteiger partial charge in [-0.25, -0.2) is 0 Å². The summed E-state index contributed by atoms with van der Waals surface area (Å²) < 4.78 is 47.1. The minimum atomic E-state index is -4.75. The number of ether oxygens (including phenoxy) is 1. The molecule has 0 atom stereocenters. The highest BCUT2D eigenvalue weighted by Crippen LogP contribution is 2.37. The Morgan fingerprint density at radius 3 is 2.55 bits per heavy atom. The quantitative estimate of drug-likeness (QED) is 0.663. The van der Waals surface area contributed by atoms with E-state index in [1.54, 1.807) is 12.1 Å². The van der Waals surface area contributed by atoms with Crippen LogP contribution < -0.4 is 4.74 Å². The predicted octanol–water partition coefficient (Wildman–Crippen LogP) is 5.30. The molecule has 0 aliphatic carbocycles. The maximum absolute atomic E-state index is 12.5. The average Bonchev–Trinajstić information content (AvgIpc) is 2.82. The Bertz CT molecular complexity index is 638. The van der Waals surface area contributed by atoms with E-state index in [0.717, 1.165) is 5.56 Å². The molecule has 0 spiro atoms. The van der Waals surface area contributed by atoms with Crippen molar-refractivity contribution in [1.82, 2.24) is 5.16 Å². The zero-order valence-corrected chi connectivity index (χ0v) is 13.7. The second-order valence-corrected chi connectivity index (χ2v) is 5.80. The van der Waals surface area contributed by atoms with Gasteiger partial charge >= 0.3 is 6.36 Å². The molecular weight excluding hydrogens is 363 g/mol. The Balaban J connectivity index is 2.52. The summed E-state index contributed by atoms with van der Waals surface area (Å²) in [6.45, 7) is 3.89. The van der Waals surface area contributed by atoms with Gasteiger partial charge in [0.25, 0.3) is 0 Å². The SMILES string of the molecule is CC(C)c1onc(-c2ccccc2OC(F)(F)F)c1CCBr. The van der Waals surface area contributed by atoms with Crippen LogP contribution in [0.2, 0.25) is 0 Å². The Morgan fingerprint density at radius 2 is 1.95 bits per heavy atom. The fourth-order valence-electron chi connectivity index (χ4n) is 2.20. The van der Waals surface area contributed by atoms with Gasteiger partial charge in [-0.15, -0.1) is 13.2 Å². The standard InChI is InChI=1S/C15H15BrF3NO2/c1-9(2)14-11(7-8-16)13(20-22-14)10-5-3-4-6-12(10)21-15(17,18)19/h3-6,9H,7-8H2,1-2H3. The Kier molecular flexibility index (Phi) is 5.16. The maximum atomic E-state index is 12.5. The van der Waals surface area contributed by atoms with Gasteiger partial charge in [-0.2, -0.15) is 0 Å². The highest BCUT2D eigenvalue weighted by Gasteiger charge is 2.33. The normalized spacial score (nSPS) is 12.0. The highest BCUT2D eigenvalue weighted by molar-refractivity contribution is 9.09. The number of para-hydroxylation sites is 1. The van der Waals surface area contributed by atoms with Gasteiger partial charge in [0.2, 0.25) is 0 Å². The first-order chi connectivity index (χ1) is 10.3. The molecule has 0 unspecified atom stereocenters. The second kappa shape index (κ2) is 6.73. The van der Waals surface area contributed by atoms with Crippen LogP contribution in [-0.4, -0.2) is 16.8 Å². The van der Waals surface area contributed by atoms with Crippen molar-refractivity contribution in [3.8, 4) is 17.0 Å². The number of hydrogen-bond donors (Lipinski definition) is 0. The number of hydrogen-bond acceptors (Lipinski definition) is 3. The monoisotopic (exact) mass is 377 g/mol. The number of benzene rings is 1. The molecule has 0 bridgehead atoms. The molecule has 0 aliphatic heterocycles. The van der Waals surface area contributed by atoms with E-state index in [2.05, 4.69) is 25.8 Å². The van der Waals surface area contributed by atoms with E-state index >= 15 is 0 Å². The molecule has 0 radical (unpaired) electrons. The number of rotatable bonds is 5. The van der Waals surface area contributed by atoms with Crippen LogP contribution >= 0.6 is 15.9 Å². The summed E-state index contributed by atoms with van der Waals surface area (Å²) in [5, 5.41) is 4.63. The molecule has 2 aromatic rings.